The molecule has 1 aromatic carbocycles. The Bertz CT molecular complexity index is 785. The molecule has 0 bridgehead atoms. The molecule has 2 aromatic rings. The molecule has 0 radical (unpaired) electrons. The minimum absolute atomic E-state index is 0.0558. The van der Waals surface area contributed by atoms with E-state index in [4.69, 9.17) is 5.73 Å². The second-order valence-corrected chi connectivity index (χ2v) is 8.55. The topological polar surface area (TPSA) is 58.3 Å². The molecule has 1 aromatic heterocycles. The van der Waals surface area contributed by atoms with Gasteiger partial charge in [0.15, 0.2) is 0 Å². The molecule has 0 spiro atoms. The highest BCUT2D eigenvalue weighted by Gasteiger charge is 2.43. The van der Waals surface area contributed by atoms with Gasteiger partial charge in [0.05, 0.1) is 26.2 Å². The lowest BCUT2D eigenvalue weighted by atomic mass is 9.95. The van der Waals surface area contributed by atoms with Crippen LogP contribution in [-0.2, 0) is 13.0 Å². The molecule has 0 saturated carbocycles. The zero-order valence-corrected chi connectivity index (χ0v) is 16.9. The summed E-state index contributed by atoms with van der Waals surface area (Å²) in [5.41, 5.74) is 9.46. The summed E-state index contributed by atoms with van der Waals surface area (Å²) in [6, 6.07) is 9.09. The van der Waals surface area contributed by atoms with E-state index in [9.17, 15) is 0 Å². The van der Waals surface area contributed by atoms with Crippen molar-refractivity contribution in [2.75, 3.05) is 31.6 Å². The average molecular weight is 418 g/mol. The van der Waals surface area contributed by atoms with Crippen LogP contribution >= 0.6 is 15.9 Å². The second-order valence-electron chi connectivity index (χ2n) is 7.64. The van der Waals surface area contributed by atoms with Gasteiger partial charge in [-0.2, -0.15) is 0 Å². The fourth-order valence-electron chi connectivity index (χ4n) is 4.39. The molecular formula is C19H26BrN6+. The number of likely N-dealkylation sites (N-methyl/N-ethyl adjacent to an activating group) is 1. The Hall–Kier alpha value is -1.54. The predicted molar refractivity (Wildman–Crippen MR) is 106 cm³/mol. The largest absolute Gasteiger partial charge is 0.330 e. The minimum atomic E-state index is -0.0558. The molecule has 138 valence electrons. The highest BCUT2D eigenvalue weighted by atomic mass is 79.9. The summed E-state index contributed by atoms with van der Waals surface area (Å²) in [4.78, 5) is 10.6. The molecule has 3 heterocycles. The van der Waals surface area contributed by atoms with E-state index < -0.39 is 0 Å². The molecule has 2 aliphatic heterocycles. The Morgan fingerprint density at radius 2 is 2.12 bits per heavy atom. The summed E-state index contributed by atoms with van der Waals surface area (Å²) in [6.45, 7) is 6.08. The first-order valence-corrected chi connectivity index (χ1v) is 9.93. The average Bonchev–Trinajstić information content (AvgIpc) is 2.62. The van der Waals surface area contributed by atoms with Gasteiger partial charge >= 0.3 is 0 Å². The lowest BCUT2D eigenvalue weighted by Gasteiger charge is -2.53. The molecule has 7 heteroatoms. The lowest BCUT2D eigenvalue weighted by Crippen LogP contribution is -2.72. The van der Waals surface area contributed by atoms with E-state index >= 15 is 0 Å². The highest BCUT2D eigenvalue weighted by molar-refractivity contribution is 9.10. The number of quaternary nitrogens is 1. The van der Waals surface area contributed by atoms with Gasteiger partial charge in [-0.1, -0.05) is 22.0 Å². The second kappa shape index (κ2) is 6.88. The number of hydrogen-bond donors (Lipinski definition) is 1. The summed E-state index contributed by atoms with van der Waals surface area (Å²) in [7, 11) is 2.32. The summed E-state index contributed by atoms with van der Waals surface area (Å²) in [5.74, 6) is 0.916. The molecule has 3 unspecified atom stereocenters. The van der Waals surface area contributed by atoms with Crippen LogP contribution in [0, 0.1) is 0 Å². The quantitative estimate of drug-likeness (QED) is 0.758. The van der Waals surface area contributed by atoms with Gasteiger partial charge in [0.25, 0.3) is 0 Å². The Morgan fingerprint density at radius 3 is 2.85 bits per heavy atom. The van der Waals surface area contributed by atoms with E-state index in [-0.39, 0.29) is 6.17 Å². The third-order valence-corrected chi connectivity index (χ3v) is 6.30. The maximum absolute atomic E-state index is 6.57. The maximum Gasteiger partial charge on any atom is 0.133 e. The van der Waals surface area contributed by atoms with Gasteiger partial charge < -0.3 is 10.6 Å². The van der Waals surface area contributed by atoms with Crippen LogP contribution in [0.15, 0.2) is 41.3 Å². The first-order valence-electron chi connectivity index (χ1n) is 9.13. The molecule has 0 aliphatic carbocycles. The number of hydrogen-bond acceptors (Lipinski definition) is 5. The number of benzene rings is 1. The number of rotatable bonds is 2. The van der Waals surface area contributed by atoms with Crippen LogP contribution in [0.25, 0.3) is 0 Å². The number of anilines is 1. The van der Waals surface area contributed by atoms with Crippen molar-refractivity contribution in [2.24, 2.45) is 5.73 Å². The number of piperazine rings is 1. The fourth-order valence-corrected chi connectivity index (χ4v) is 4.80. The van der Waals surface area contributed by atoms with Crippen molar-refractivity contribution < 1.29 is 4.59 Å². The van der Waals surface area contributed by atoms with Gasteiger partial charge in [-0.3, -0.25) is 0 Å². The van der Waals surface area contributed by atoms with Gasteiger partial charge in [-0.05, 0) is 42.7 Å². The van der Waals surface area contributed by atoms with Crippen LogP contribution in [0.3, 0.4) is 0 Å². The molecule has 0 amide bonds. The third kappa shape index (κ3) is 3.24. The molecule has 3 atom stereocenters. The van der Waals surface area contributed by atoms with E-state index in [1.165, 1.54) is 11.1 Å². The molecule has 1 saturated heterocycles. The third-order valence-electron chi connectivity index (χ3n) is 5.81. The SMILES string of the molecule is CC1Cc2ccc(Br)cc2CN1[N+]1(C)CCN(c2ccncn2)C(N)C1. The van der Waals surface area contributed by atoms with Crippen LogP contribution in [0.2, 0.25) is 0 Å². The predicted octanol–water partition coefficient (Wildman–Crippen LogP) is 2.15. The van der Waals surface area contributed by atoms with Gasteiger partial charge in [0, 0.05) is 10.7 Å². The van der Waals surface area contributed by atoms with Crippen molar-refractivity contribution in [3.63, 3.8) is 0 Å². The van der Waals surface area contributed by atoms with E-state index in [1.807, 2.05) is 6.07 Å². The number of halogens is 1. The fraction of sp³-hybridized carbons (Fsp3) is 0.474. The standard InChI is InChI=1S/C19H26BrN6/c1-14-9-15-3-4-17(20)10-16(15)11-25(14)26(2)8-7-24(18(21)12-26)19-5-6-22-13-23-19/h3-6,10,13-14,18H,7-9,11-12,21H2,1-2H3/q+1. The van der Waals surface area contributed by atoms with Crippen LogP contribution in [0.4, 0.5) is 5.82 Å². The molecule has 1 fully saturated rings. The summed E-state index contributed by atoms with van der Waals surface area (Å²) in [6.07, 6.45) is 4.40. The van der Waals surface area contributed by atoms with Crippen molar-refractivity contribution in [2.45, 2.75) is 32.1 Å². The molecule has 6 nitrogen and oxygen atoms in total. The Labute approximate surface area is 163 Å². The Kier molecular flexibility index (Phi) is 4.73. The zero-order chi connectivity index (χ0) is 18.3. The summed E-state index contributed by atoms with van der Waals surface area (Å²) >= 11 is 3.62. The number of nitrogens with zero attached hydrogens (tertiary/aromatic N) is 5. The first-order chi connectivity index (χ1) is 12.5. The van der Waals surface area contributed by atoms with Gasteiger partial charge in [-0.15, -0.1) is 5.01 Å². The van der Waals surface area contributed by atoms with Crippen molar-refractivity contribution in [3.05, 3.63) is 52.4 Å². The lowest BCUT2D eigenvalue weighted by molar-refractivity contribution is -1.03. The van der Waals surface area contributed by atoms with Gasteiger partial charge in [0.1, 0.15) is 31.4 Å². The van der Waals surface area contributed by atoms with Gasteiger partial charge in [0.2, 0.25) is 0 Å². The van der Waals surface area contributed by atoms with Crippen molar-refractivity contribution >= 4 is 21.7 Å². The zero-order valence-electron chi connectivity index (χ0n) is 15.3. The molecular weight excluding hydrogens is 392 g/mol. The molecule has 4 rings (SSSR count). The monoisotopic (exact) mass is 417 g/mol. The summed E-state index contributed by atoms with van der Waals surface area (Å²) in [5, 5.41) is 2.60. The molecule has 2 aliphatic rings. The van der Waals surface area contributed by atoms with Crippen molar-refractivity contribution in [3.8, 4) is 0 Å². The van der Waals surface area contributed by atoms with Crippen molar-refractivity contribution in [1.82, 2.24) is 15.0 Å². The van der Waals surface area contributed by atoms with E-state index in [0.29, 0.717) is 6.04 Å². The number of fused-ring (bicyclic) bond motifs is 1. The van der Waals surface area contributed by atoms with E-state index in [1.54, 1.807) is 12.5 Å². The smallest absolute Gasteiger partial charge is 0.133 e. The Morgan fingerprint density at radius 1 is 1.27 bits per heavy atom. The number of nitrogens with two attached hydrogens (primary N) is 1. The first kappa shape index (κ1) is 17.9. The maximum atomic E-state index is 6.57. The van der Waals surface area contributed by atoms with Crippen LogP contribution in [-0.4, -0.2) is 58.5 Å². The normalized spacial score (nSPS) is 29.5. The van der Waals surface area contributed by atoms with Crippen LogP contribution < -0.4 is 10.6 Å². The summed E-state index contributed by atoms with van der Waals surface area (Å²) < 4.78 is 2.02. The van der Waals surface area contributed by atoms with E-state index in [0.717, 1.165) is 47.5 Å². The highest BCUT2D eigenvalue weighted by Crippen LogP contribution is 2.31. The van der Waals surface area contributed by atoms with Crippen LogP contribution in [0.5, 0.6) is 0 Å². The Balaban J connectivity index is 1.54. The van der Waals surface area contributed by atoms with Crippen LogP contribution in [0.1, 0.15) is 18.1 Å². The molecule has 26 heavy (non-hydrogen) atoms. The van der Waals surface area contributed by atoms with Crippen molar-refractivity contribution in [1.29, 1.82) is 0 Å². The van der Waals surface area contributed by atoms with Gasteiger partial charge in [-0.25, -0.2) is 14.6 Å². The minimum Gasteiger partial charge on any atom is -0.330 e. The van der Waals surface area contributed by atoms with E-state index in [2.05, 4.69) is 68.0 Å². The molecule has 2 N–H and O–H groups in total. The number of aromatic nitrogens is 2.